The van der Waals surface area contributed by atoms with Crippen LogP contribution in [0.5, 0.6) is 11.6 Å². The third kappa shape index (κ3) is 4.37. The van der Waals surface area contributed by atoms with Gasteiger partial charge < -0.3 is 14.7 Å². The van der Waals surface area contributed by atoms with Crippen LogP contribution < -0.4 is 14.4 Å². The van der Waals surface area contributed by atoms with Crippen LogP contribution in [-0.4, -0.2) is 61.0 Å². The molecule has 2 aromatic rings. The van der Waals surface area contributed by atoms with Crippen molar-refractivity contribution in [3.63, 3.8) is 0 Å². The zero-order valence-corrected chi connectivity index (χ0v) is 16.6. The van der Waals surface area contributed by atoms with E-state index in [0.29, 0.717) is 12.1 Å². The lowest BCUT2D eigenvalue weighted by molar-refractivity contribution is -0.274. The molecule has 13 heteroatoms. The van der Waals surface area contributed by atoms with E-state index in [1.807, 2.05) is 0 Å². The molecule has 2 aliphatic heterocycles. The molecular weight excluding hydrogens is 441 g/mol. The van der Waals surface area contributed by atoms with Gasteiger partial charge in [-0.3, -0.25) is 4.90 Å². The van der Waals surface area contributed by atoms with Gasteiger partial charge in [0.1, 0.15) is 10.6 Å². The molecular formula is C18H17F3N4O5S. The lowest BCUT2D eigenvalue weighted by Gasteiger charge is -2.20. The molecule has 0 bridgehead atoms. The number of aromatic hydroxyl groups is 1. The highest BCUT2D eigenvalue weighted by Gasteiger charge is 2.45. The summed E-state index contributed by atoms with van der Waals surface area (Å²) < 4.78 is 68.2. The van der Waals surface area contributed by atoms with Gasteiger partial charge in [0.15, 0.2) is 0 Å². The predicted octanol–water partition coefficient (Wildman–Crippen LogP) is 2.05. The van der Waals surface area contributed by atoms with Gasteiger partial charge >= 0.3 is 12.4 Å². The third-order valence-electron chi connectivity index (χ3n) is 5.03. The molecule has 0 spiro atoms. The molecule has 31 heavy (non-hydrogen) atoms. The number of halogens is 3. The first-order chi connectivity index (χ1) is 14.5. The van der Waals surface area contributed by atoms with Crippen LogP contribution in [0.15, 0.2) is 47.5 Å². The van der Waals surface area contributed by atoms with Gasteiger partial charge in [-0.05, 0) is 42.8 Å². The molecule has 2 aliphatic rings. The smallest absolute Gasteiger partial charge is 0.492 e. The van der Waals surface area contributed by atoms with Gasteiger partial charge in [0.05, 0.1) is 6.04 Å². The zero-order chi connectivity index (χ0) is 22.4. The van der Waals surface area contributed by atoms with E-state index in [-0.39, 0.29) is 30.1 Å². The SMILES string of the molecule is O=C1N(c2ccc(OC(F)(F)F)cc2)C[C@@H]2C[C@@H](NS(=O)(=O)c3cccnc3O)CN12. The van der Waals surface area contributed by atoms with Crippen molar-refractivity contribution in [2.75, 3.05) is 18.0 Å². The number of aromatic nitrogens is 1. The first kappa shape index (κ1) is 21.2. The van der Waals surface area contributed by atoms with Crippen LogP contribution in [0.25, 0.3) is 0 Å². The minimum atomic E-state index is -4.80. The average Bonchev–Trinajstić information content (AvgIpc) is 3.19. The van der Waals surface area contributed by atoms with Crippen LogP contribution >= 0.6 is 0 Å². The van der Waals surface area contributed by atoms with Crippen molar-refractivity contribution in [3.05, 3.63) is 42.6 Å². The molecule has 9 nitrogen and oxygen atoms in total. The Balaban J connectivity index is 1.41. The summed E-state index contributed by atoms with van der Waals surface area (Å²) in [6.45, 7) is 0.379. The Kier molecular flexibility index (Phi) is 5.17. The summed E-state index contributed by atoms with van der Waals surface area (Å²) in [5.74, 6) is -1.01. The Morgan fingerprint density at radius 2 is 1.87 bits per heavy atom. The highest BCUT2D eigenvalue weighted by Crippen LogP contribution is 2.33. The highest BCUT2D eigenvalue weighted by atomic mass is 32.2. The number of sulfonamides is 1. The number of carbonyl (C=O) groups excluding carboxylic acids is 1. The zero-order valence-electron chi connectivity index (χ0n) is 15.8. The number of ether oxygens (including phenoxy) is 1. The van der Waals surface area contributed by atoms with Crippen molar-refractivity contribution in [1.82, 2.24) is 14.6 Å². The number of anilines is 1. The monoisotopic (exact) mass is 458 g/mol. The van der Waals surface area contributed by atoms with E-state index in [0.717, 1.165) is 12.1 Å². The largest absolute Gasteiger partial charge is 0.573 e. The fourth-order valence-corrected chi connectivity index (χ4v) is 5.06. The Labute approximate surface area is 175 Å². The van der Waals surface area contributed by atoms with Gasteiger partial charge in [0.2, 0.25) is 15.9 Å². The number of fused-ring (bicyclic) bond motifs is 1. The van der Waals surface area contributed by atoms with Crippen molar-refractivity contribution in [1.29, 1.82) is 0 Å². The van der Waals surface area contributed by atoms with Gasteiger partial charge in [-0.1, -0.05) is 0 Å². The molecule has 0 radical (unpaired) electrons. The Morgan fingerprint density at radius 3 is 2.48 bits per heavy atom. The fourth-order valence-electron chi connectivity index (χ4n) is 3.77. The first-order valence-electron chi connectivity index (χ1n) is 9.14. The number of rotatable bonds is 5. The van der Waals surface area contributed by atoms with E-state index in [2.05, 4.69) is 14.4 Å². The molecule has 2 amide bonds. The van der Waals surface area contributed by atoms with E-state index >= 15 is 0 Å². The standard InChI is InChI=1S/C18H17F3N4O5S/c19-18(20,21)30-14-5-3-12(4-6-14)25-10-13-8-11(9-24(13)17(25)27)23-31(28,29)15-2-1-7-22-16(15)26/h1-7,11,13,23H,8-10H2,(H,22,26)/t11-,13+/m1/s1. The number of pyridine rings is 1. The minimum absolute atomic E-state index is 0.121. The van der Waals surface area contributed by atoms with Crippen LogP contribution in [0.1, 0.15) is 6.42 Å². The number of carbonyl (C=O) groups is 1. The number of urea groups is 1. The van der Waals surface area contributed by atoms with E-state index in [1.165, 1.54) is 40.3 Å². The van der Waals surface area contributed by atoms with Crippen molar-refractivity contribution in [2.45, 2.75) is 29.8 Å². The highest BCUT2D eigenvalue weighted by molar-refractivity contribution is 7.89. The second kappa shape index (κ2) is 7.57. The van der Waals surface area contributed by atoms with E-state index in [1.54, 1.807) is 0 Å². The third-order valence-corrected chi connectivity index (χ3v) is 6.57. The van der Waals surface area contributed by atoms with Crippen molar-refractivity contribution < 1.29 is 36.2 Å². The lowest BCUT2D eigenvalue weighted by atomic mass is 10.2. The second-order valence-electron chi connectivity index (χ2n) is 7.12. The Hall–Kier alpha value is -3.06. The number of alkyl halides is 3. The predicted molar refractivity (Wildman–Crippen MR) is 101 cm³/mol. The minimum Gasteiger partial charge on any atom is -0.492 e. The summed E-state index contributed by atoms with van der Waals surface area (Å²) in [6.07, 6.45) is -3.20. The average molecular weight is 458 g/mol. The molecule has 2 atom stereocenters. The normalized spacial score (nSPS) is 21.5. The number of benzene rings is 1. The molecule has 3 heterocycles. The molecule has 166 valence electrons. The summed E-state index contributed by atoms with van der Waals surface area (Å²) in [4.78, 5) is 18.9. The van der Waals surface area contributed by atoms with E-state index in [4.69, 9.17) is 0 Å². The van der Waals surface area contributed by atoms with Crippen molar-refractivity contribution >= 4 is 21.7 Å². The molecule has 2 N–H and O–H groups in total. The maximum absolute atomic E-state index is 12.7. The number of nitrogens with one attached hydrogen (secondary N) is 1. The van der Waals surface area contributed by atoms with Crippen LogP contribution in [0.2, 0.25) is 0 Å². The van der Waals surface area contributed by atoms with Gasteiger partial charge in [-0.25, -0.2) is 22.9 Å². The molecule has 0 saturated carbocycles. The van der Waals surface area contributed by atoms with Gasteiger partial charge in [0.25, 0.3) is 0 Å². The van der Waals surface area contributed by atoms with E-state index in [9.17, 15) is 31.5 Å². The lowest BCUT2D eigenvalue weighted by Crippen LogP contribution is -2.40. The van der Waals surface area contributed by atoms with E-state index < -0.39 is 34.1 Å². The number of hydrogen-bond donors (Lipinski definition) is 2. The van der Waals surface area contributed by atoms with Gasteiger partial charge in [0, 0.05) is 31.0 Å². The number of amides is 2. The van der Waals surface area contributed by atoms with Crippen LogP contribution in [0, 0.1) is 0 Å². The Morgan fingerprint density at radius 1 is 1.16 bits per heavy atom. The summed E-state index contributed by atoms with van der Waals surface area (Å²) in [7, 11) is -4.03. The number of hydrogen-bond acceptors (Lipinski definition) is 6. The van der Waals surface area contributed by atoms with Crippen molar-refractivity contribution in [2.24, 2.45) is 0 Å². The molecule has 1 aromatic carbocycles. The van der Waals surface area contributed by atoms with Crippen molar-refractivity contribution in [3.8, 4) is 11.6 Å². The Bertz CT molecular complexity index is 1090. The first-order valence-corrected chi connectivity index (χ1v) is 10.6. The van der Waals surface area contributed by atoms with Gasteiger partial charge in [-0.15, -0.1) is 13.2 Å². The molecule has 0 aliphatic carbocycles. The summed E-state index contributed by atoms with van der Waals surface area (Å²) >= 11 is 0. The maximum atomic E-state index is 12.7. The van der Waals surface area contributed by atoms with Crippen LogP contribution in [0.4, 0.5) is 23.7 Å². The summed E-state index contributed by atoms with van der Waals surface area (Å²) in [6, 6.07) is 6.36. The maximum Gasteiger partial charge on any atom is 0.573 e. The topological polar surface area (TPSA) is 112 Å². The molecule has 0 unspecified atom stereocenters. The van der Waals surface area contributed by atoms with Gasteiger partial charge in [-0.2, -0.15) is 0 Å². The van der Waals surface area contributed by atoms with Crippen LogP contribution in [0.3, 0.4) is 0 Å². The molecule has 2 fully saturated rings. The molecule has 1 aromatic heterocycles. The van der Waals surface area contributed by atoms with Crippen LogP contribution in [-0.2, 0) is 10.0 Å². The summed E-state index contributed by atoms with van der Waals surface area (Å²) in [5, 5.41) is 9.69. The number of nitrogens with zero attached hydrogens (tertiary/aromatic N) is 3. The second-order valence-corrected chi connectivity index (χ2v) is 8.80. The fraction of sp³-hybridized carbons (Fsp3) is 0.333. The quantitative estimate of drug-likeness (QED) is 0.709. The molecule has 2 saturated heterocycles. The summed E-state index contributed by atoms with van der Waals surface area (Å²) in [5.41, 5.74) is 0.409. The molecule has 4 rings (SSSR count).